The first-order valence-electron chi connectivity index (χ1n) is 11.4. The van der Waals surface area contributed by atoms with Crippen LogP contribution in [0.25, 0.3) is 0 Å². The van der Waals surface area contributed by atoms with Crippen molar-refractivity contribution >= 4 is 23.7 Å². The van der Waals surface area contributed by atoms with Gasteiger partial charge in [-0.05, 0) is 57.7 Å². The summed E-state index contributed by atoms with van der Waals surface area (Å²) in [6.45, 7) is 2.74. The SMILES string of the molecule is CC(NC(=O)C1CCCN1)C(=O)NC(Cc1ccccc1)C(=O)NC(CCCCN)C(=O)O. The van der Waals surface area contributed by atoms with E-state index >= 15 is 0 Å². The van der Waals surface area contributed by atoms with Gasteiger partial charge in [0, 0.05) is 6.42 Å². The van der Waals surface area contributed by atoms with Crippen LogP contribution in [0.1, 0.15) is 44.6 Å². The van der Waals surface area contributed by atoms with E-state index in [2.05, 4.69) is 21.3 Å². The summed E-state index contributed by atoms with van der Waals surface area (Å²) >= 11 is 0. The first-order chi connectivity index (χ1) is 15.8. The van der Waals surface area contributed by atoms with Crippen molar-refractivity contribution in [2.45, 2.75) is 69.6 Å². The summed E-state index contributed by atoms with van der Waals surface area (Å²) in [5, 5.41) is 20.4. The highest BCUT2D eigenvalue weighted by Crippen LogP contribution is 2.08. The maximum atomic E-state index is 13.0. The van der Waals surface area contributed by atoms with Gasteiger partial charge in [0.2, 0.25) is 17.7 Å². The summed E-state index contributed by atoms with van der Waals surface area (Å²) in [7, 11) is 0. The Morgan fingerprint density at radius 3 is 2.36 bits per heavy atom. The average molecular weight is 462 g/mol. The molecule has 2 rings (SSSR count). The number of hydrogen-bond donors (Lipinski definition) is 6. The minimum Gasteiger partial charge on any atom is -0.480 e. The molecule has 0 radical (unpaired) electrons. The van der Waals surface area contributed by atoms with Crippen molar-refractivity contribution in [1.82, 2.24) is 21.3 Å². The van der Waals surface area contributed by atoms with E-state index < -0.39 is 35.9 Å². The molecule has 4 unspecified atom stereocenters. The maximum Gasteiger partial charge on any atom is 0.326 e. The van der Waals surface area contributed by atoms with Crippen molar-refractivity contribution in [1.29, 1.82) is 0 Å². The molecule has 1 aliphatic rings. The minimum atomic E-state index is -1.14. The summed E-state index contributed by atoms with van der Waals surface area (Å²) in [6, 6.07) is 5.85. The van der Waals surface area contributed by atoms with Crippen molar-refractivity contribution in [3.63, 3.8) is 0 Å². The zero-order valence-electron chi connectivity index (χ0n) is 19.0. The van der Waals surface area contributed by atoms with Crippen LogP contribution in [0.5, 0.6) is 0 Å². The molecule has 1 aromatic carbocycles. The Labute approximate surface area is 194 Å². The van der Waals surface area contributed by atoms with Crippen LogP contribution in [-0.4, -0.2) is 66.1 Å². The van der Waals surface area contributed by atoms with Crippen molar-refractivity contribution < 1.29 is 24.3 Å². The summed E-state index contributed by atoms with van der Waals surface area (Å²) < 4.78 is 0. The average Bonchev–Trinajstić information content (AvgIpc) is 3.33. The Kier molecular flexibility index (Phi) is 10.8. The van der Waals surface area contributed by atoms with Crippen LogP contribution in [0, 0.1) is 0 Å². The van der Waals surface area contributed by atoms with Crippen LogP contribution in [0.3, 0.4) is 0 Å². The van der Waals surface area contributed by atoms with Crippen LogP contribution in [0.2, 0.25) is 0 Å². The second-order valence-corrected chi connectivity index (χ2v) is 8.31. The lowest BCUT2D eigenvalue weighted by Gasteiger charge is -2.24. The maximum absolute atomic E-state index is 13.0. The Bertz CT molecular complexity index is 798. The second-order valence-electron chi connectivity index (χ2n) is 8.31. The van der Waals surface area contributed by atoms with E-state index in [1.54, 1.807) is 6.92 Å². The highest BCUT2D eigenvalue weighted by molar-refractivity contribution is 5.94. The van der Waals surface area contributed by atoms with E-state index in [0.29, 0.717) is 25.8 Å². The molecule has 0 bridgehead atoms. The van der Waals surface area contributed by atoms with Gasteiger partial charge in [0.1, 0.15) is 18.1 Å². The first kappa shape index (κ1) is 26.3. The molecule has 0 spiro atoms. The number of amides is 3. The fourth-order valence-electron chi connectivity index (χ4n) is 3.67. The molecule has 4 atom stereocenters. The zero-order valence-corrected chi connectivity index (χ0v) is 19.0. The summed E-state index contributed by atoms with van der Waals surface area (Å²) in [5.41, 5.74) is 6.27. The fourth-order valence-corrected chi connectivity index (χ4v) is 3.67. The molecule has 10 nitrogen and oxygen atoms in total. The van der Waals surface area contributed by atoms with Crippen LogP contribution in [0.4, 0.5) is 0 Å². The van der Waals surface area contributed by atoms with Crippen LogP contribution in [-0.2, 0) is 25.6 Å². The number of carboxylic acid groups (broad SMARTS) is 1. The van der Waals surface area contributed by atoms with Gasteiger partial charge >= 0.3 is 5.97 Å². The third-order valence-electron chi connectivity index (χ3n) is 5.61. The topological polar surface area (TPSA) is 163 Å². The van der Waals surface area contributed by atoms with Gasteiger partial charge in [-0.25, -0.2) is 4.79 Å². The van der Waals surface area contributed by atoms with Crippen LogP contribution in [0.15, 0.2) is 30.3 Å². The minimum absolute atomic E-state index is 0.179. The van der Waals surface area contributed by atoms with Crippen molar-refractivity contribution in [3.8, 4) is 0 Å². The van der Waals surface area contributed by atoms with Crippen molar-refractivity contribution in [2.75, 3.05) is 13.1 Å². The Balaban J connectivity index is 2.05. The monoisotopic (exact) mass is 461 g/mol. The molecule has 1 aromatic rings. The molecule has 0 aromatic heterocycles. The molecule has 1 fully saturated rings. The lowest BCUT2D eigenvalue weighted by Crippen LogP contribution is -2.56. The van der Waals surface area contributed by atoms with Gasteiger partial charge in [-0.2, -0.15) is 0 Å². The van der Waals surface area contributed by atoms with Crippen LogP contribution < -0.4 is 27.0 Å². The lowest BCUT2D eigenvalue weighted by molar-refractivity contribution is -0.142. The van der Waals surface area contributed by atoms with Gasteiger partial charge in [0.25, 0.3) is 0 Å². The van der Waals surface area contributed by atoms with E-state index in [-0.39, 0.29) is 24.8 Å². The number of nitrogens with one attached hydrogen (secondary N) is 4. The molecule has 0 saturated carbocycles. The van der Waals surface area contributed by atoms with E-state index in [9.17, 15) is 24.3 Å². The van der Waals surface area contributed by atoms with Crippen molar-refractivity contribution in [3.05, 3.63) is 35.9 Å². The summed E-state index contributed by atoms with van der Waals surface area (Å²) in [6.07, 6.45) is 3.23. The van der Waals surface area contributed by atoms with Gasteiger partial charge in [-0.15, -0.1) is 0 Å². The van der Waals surface area contributed by atoms with E-state index in [1.807, 2.05) is 30.3 Å². The Morgan fingerprint density at radius 2 is 1.76 bits per heavy atom. The number of hydrogen-bond acceptors (Lipinski definition) is 6. The van der Waals surface area contributed by atoms with Gasteiger partial charge < -0.3 is 32.1 Å². The normalized spacial score (nSPS) is 18.1. The first-order valence-corrected chi connectivity index (χ1v) is 11.4. The number of benzene rings is 1. The number of rotatable bonds is 13. The number of unbranched alkanes of at least 4 members (excludes halogenated alkanes) is 1. The summed E-state index contributed by atoms with van der Waals surface area (Å²) in [5.74, 6) is -2.52. The molecule has 33 heavy (non-hydrogen) atoms. The number of carbonyl (C=O) groups excluding carboxylic acids is 3. The van der Waals surface area contributed by atoms with Crippen LogP contribution >= 0.6 is 0 Å². The number of carboxylic acids is 1. The summed E-state index contributed by atoms with van der Waals surface area (Å²) in [4.78, 5) is 49.7. The van der Waals surface area contributed by atoms with E-state index in [1.165, 1.54) is 0 Å². The fraction of sp³-hybridized carbons (Fsp3) is 0.565. The molecular weight excluding hydrogens is 426 g/mol. The molecule has 1 saturated heterocycles. The highest BCUT2D eigenvalue weighted by atomic mass is 16.4. The molecular formula is C23H35N5O5. The molecule has 10 heteroatoms. The van der Waals surface area contributed by atoms with Gasteiger partial charge in [0.15, 0.2) is 0 Å². The Morgan fingerprint density at radius 1 is 1.06 bits per heavy atom. The quantitative estimate of drug-likeness (QED) is 0.219. The second kappa shape index (κ2) is 13.5. The van der Waals surface area contributed by atoms with E-state index in [4.69, 9.17) is 5.73 Å². The molecule has 3 amide bonds. The third-order valence-corrected chi connectivity index (χ3v) is 5.61. The zero-order chi connectivity index (χ0) is 24.2. The van der Waals surface area contributed by atoms with E-state index in [0.717, 1.165) is 18.5 Å². The predicted octanol–water partition coefficient (Wildman–Crippen LogP) is -0.331. The largest absolute Gasteiger partial charge is 0.480 e. The highest BCUT2D eigenvalue weighted by Gasteiger charge is 2.29. The number of carbonyl (C=O) groups is 4. The van der Waals surface area contributed by atoms with Crippen molar-refractivity contribution in [2.24, 2.45) is 5.73 Å². The Hall–Kier alpha value is -2.98. The molecule has 0 aliphatic carbocycles. The molecule has 1 aliphatic heterocycles. The number of aliphatic carboxylic acids is 1. The van der Waals surface area contributed by atoms with Gasteiger partial charge in [-0.3, -0.25) is 14.4 Å². The molecule has 1 heterocycles. The van der Waals surface area contributed by atoms with Gasteiger partial charge in [-0.1, -0.05) is 30.3 Å². The third kappa shape index (κ3) is 8.82. The number of nitrogens with two attached hydrogens (primary N) is 1. The molecule has 7 N–H and O–H groups in total. The standard InChI is InChI=1S/C23H35N5O5/c1-15(26-21(30)17-11-7-13-25-17)20(29)28-19(14-16-8-3-2-4-9-16)22(31)27-18(23(32)33)10-5-6-12-24/h2-4,8-9,15,17-19,25H,5-7,10-14,24H2,1H3,(H,26,30)(H,27,31)(H,28,29)(H,32,33). The smallest absolute Gasteiger partial charge is 0.326 e. The predicted molar refractivity (Wildman–Crippen MR) is 123 cm³/mol. The molecule has 182 valence electrons. The lowest BCUT2D eigenvalue weighted by atomic mass is 10.0. The van der Waals surface area contributed by atoms with Gasteiger partial charge in [0.05, 0.1) is 6.04 Å².